The Balaban J connectivity index is 2.64. The van der Waals surface area contributed by atoms with E-state index in [-0.39, 0.29) is 31.1 Å². The number of aliphatic carboxylic acids is 1. The van der Waals surface area contributed by atoms with Crippen molar-refractivity contribution in [1.82, 2.24) is 0 Å². The maximum atomic E-state index is 13.7. The number of carboxylic acid groups (broad SMARTS) is 1. The molecule has 0 aromatic carbocycles. The molecule has 6 heteroatoms. The van der Waals surface area contributed by atoms with Crippen molar-refractivity contribution in [2.45, 2.75) is 82.5 Å². The van der Waals surface area contributed by atoms with Gasteiger partial charge in [-0.1, -0.05) is 50.6 Å². The van der Waals surface area contributed by atoms with Crippen LogP contribution >= 0.6 is 0 Å². The van der Waals surface area contributed by atoms with Gasteiger partial charge in [-0.05, 0) is 31.6 Å². The van der Waals surface area contributed by atoms with Crippen LogP contribution in [0.25, 0.3) is 0 Å². The van der Waals surface area contributed by atoms with Crippen LogP contribution in [0.1, 0.15) is 64.7 Å². The lowest BCUT2D eigenvalue weighted by molar-refractivity contribution is -0.137. The van der Waals surface area contributed by atoms with E-state index < -0.39 is 29.6 Å². The highest BCUT2D eigenvalue weighted by Gasteiger charge is 2.39. The van der Waals surface area contributed by atoms with Crippen molar-refractivity contribution < 1.29 is 29.6 Å². The molecule has 0 heterocycles. The molecule has 1 saturated carbocycles. The van der Waals surface area contributed by atoms with Gasteiger partial charge in [-0.3, -0.25) is 4.79 Å². The summed E-state index contributed by atoms with van der Waals surface area (Å²) in [6, 6.07) is 0. The smallest absolute Gasteiger partial charge is 0.303 e. The first-order valence-electron chi connectivity index (χ1n) is 10.2. The fraction of sp³-hybridized carbons (Fsp3) is 0.682. The van der Waals surface area contributed by atoms with Gasteiger partial charge in [-0.15, -0.1) is 0 Å². The van der Waals surface area contributed by atoms with Crippen molar-refractivity contribution in [3.63, 3.8) is 0 Å². The van der Waals surface area contributed by atoms with Crippen LogP contribution in [-0.4, -0.2) is 44.2 Å². The molecule has 4 N–H and O–H groups in total. The van der Waals surface area contributed by atoms with E-state index >= 15 is 0 Å². The molecule has 1 aliphatic rings. The molecule has 0 aromatic rings. The Morgan fingerprint density at radius 2 is 1.93 bits per heavy atom. The average Bonchev–Trinajstić information content (AvgIpc) is 2.89. The van der Waals surface area contributed by atoms with Crippen molar-refractivity contribution >= 4 is 5.97 Å². The van der Waals surface area contributed by atoms with Gasteiger partial charge in [0, 0.05) is 25.2 Å². The van der Waals surface area contributed by atoms with Crippen LogP contribution in [0, 0.1) is 11.8 Å². The fourth-order valence-corrected chi connectivity index (χ4v) is 3.69. The quantitative estimate of drug-likeness (QED) is 0.279. The normalized spacial score (nSPS) is 27.5. The Morgan fingerprint density at radius 3 is 2.54 bits per heavy atom. The molecular weight excluding hydrogens is 363 g/mol. The first-order valence-corrected chi connectivity index (χ1v) is 10.2. The van der Waals surface area contributed by atoms with Gasteiger partial charge >= 0.3 is 5.97 Å². The van der Waals surface area contributed by atoms with E-state index in [0.29, 0.717) is 32.1 Å². The highest BCUT2D eigenvalue weighted by Crippen LogP contribution is 2.37. The third-order valence-electron chi connectivity index (χ3n) is 5.51. The molecule has 0 aliphatic heterocycles. The minimum atomic E-state index is -1.59. The van der Waals surface area contributed by atoms with Crippen molar-refractivity contribution in [3.05, 3.63) is 36.7 Å². The molecule has 28 heavy (non-hydrogen) atoms. The summed E-state index contributed by atoms with van der Waals surface area (Å²) in [6.45, 7) is 5.23. The lowest BCUT2D eigenvalue weighted by atomic mass is 9.87. The molecule has 0 bridgehead atoms. The summed E-state index contributed by atoms with van der Waals surface area (Å²) < 4.78 is 13.7. The summed E-state index contributed by atoms with van der Waals surface area (Å²) in [5, 5.41) is 39.6. The number of aliphatic hydroxyl groups excluding tert-OH is 2. The summed E-state index contributed by atoms with van der Waals surface area (Å²) in [7, 11) is 0. The highest BCUT2D eigenvalue weighted by atomic mass is 19.1. The van der Waals surface area contributed by atoms with Gasteiger partial charge in [0.2, 0.25) is 0 Å². The minimum Gasteiger partial charge on any atom is -0.481 e. The fourth-order valence-electron chi connectivity index (χ4n) is 3.69. The Kier molecular flexibility index (Phi) is 10.6. The number of carbonyl (C=O) groups is 1. The first-order chi connectivity index (χ1) is 13.2. The van der Waals surface area contributed by atoms with Crippen molar-refractivity contribution in [3.8, 4) is 0 Å². The molecule has 0 amide bonds. The van der Waals surface area contributed by atoms with Gasteiger partial charge in [0.1, 0.15) is 11.4 Å². The van der Waals surface area contributed by atoms with Gasteiger partial charge in [-0.25, -0.2) is 4.39 Å². The summed E-state index contributed by atoms with van der Waals surface area (Å²) >= 11 is 0. The molecule has 0 radical (unpaired) electrons. The molecule has 1 rings (SSSR count). The standard InChI is InChI=1S/C22H35FO5/c1-3-4-13-22(28,16(2)23)14-9-11-18-17(19(24)15-20(18)25)10-7-5-6-8-12-21(26)27/h5,7,9,11,17-20,24-25,28H,2-4,6,8,10,12-15H2,1H3,(H,26,27)/t17-,18-,19+,20-,22?/m1/s1. The number of unbranched alkanes of at least 4 members (excludes halogenated alkanes) is 2. The van der Waals surface area contributed by atoms with Crippen LogP contribution in [0.4, 0.5) is 4.39 Å². The first kappa shape index (κ1) is 24.5. The summed E-state index contributed by atoms with van der Waals surface area (Å²) in [5.74, 6) is -2.01. The largest absolute Gasteiger partial charge is 0.481 e. The monoisotopic (exact) mass is 398 g/mol. The van der Waals surface area contributed by atoms with E-state index in [1.807, 2.05) is 19.1 Å². The molecule has 5 nitrogen and oxygen atoms in total. The number of rotatable bonds is 13. The van der Waals surface area contributed by atoms with Gasteiger partial charge in [-0.2, -0.15) is 0 Å². The Bertz CT molecular complexity index is 559. The topological polar surface area (TPSA) is 98.0 Å². The van der Waals surface area contributed by atoms with Gasteiger partial charge in [0.05, 0.1) is 12.2 Å². The predicted octanol–water partition coefficient (Wildman–Crippen LogP) is 3.90. The van der Waals surface area contributed by atoms with E-state index in [1.165, 1.54) is 0 Å². The summed E-state index contributed by atoms with van der Waals surface area (Å²) in [4.78, 5) is 10.5. The van der Waals surface area contributed by atoms with Crippen molar-refractivity contribution in [2.75, 3.05) is 0 Å². The van der Waals surface area contributed by atoms with Crippen molar-refractivity contribution in [1.29, 1.82) is 0 Å². The maximum Gasteiger partial charge on any atom is 0.303 e. The third kappa shape index (κ3) is 7.86. The van der Waals surface area contributed by atoms with Gasteiger partial charge in [0.15, 0.2) is 0 Å². The zero-order valence-corrected chi connectivity index (χ0v) is 16.8. The number of hydrogen-bond donors (Lipinski definition) is 4. The molecular formula is C22H35FO5. The summed E-state index contributed by atoms with van der Waals surface area (Å²) in [6.07, 6.45) is 10.0. The average molecular weight is 399 g/mol. The zero-order chi connectivity index (χ0) is 21.2. The number of allylic oxidation sites excluding steroid dienone is 2. The van der Waals surface area contributed by atoms with Crippen LogP contribution in [0.5, 0.6) is 0 Å². The van der Waals surface area contributed by atoms with E-state index in [0.717, 1.165) is 6.42 Å². The molecule has 0 spiro atoms. The van der Waals surface area contributed by atoms with Crippen molar-refractivity contribution in [2.24, 2.45) is 11.8 Å². The SMILES string of the molecule is C=C(F)C(O)(CC=C[C@@H]1[C@@H](CC=CCCCC(=O)O)[C@@H](O)C[C@H]1O)CCCC. The number of halogens is 1. The number of aliphatic hydroxyl groups is 3. The number of carboxylic acids is 1. The van der Waals surface area contributed by atoms with E-state index in [1.54, 1.807) is 12.2 Å². The molecule has 1 unspecified atom stereocenters. The molecule has 1 fully saturated rings. The van der Waals surface area contributed by atoms with Crippen LogP contribution in [0.3, 0.4) is 0 Å². The Hall–Kier alpha value is -1.50. The second-order valence-corrected chi connectivity index (χ2v) is 7.78. The molecule has 160 valence electrons. The van der Waals surface area contributed by atoms with Crippen LogP contribution in [-0.2, 0) is 4.79 Å². The van der Waals surface area contributed by atoms with E-state index in [4.69, 9.17) is 5.11 Å². The maximum absolute atomic E-state index is 13.7. The molecule has 0 saturated heterocycles. The molecule has 5 atom stereocenters. The summed E-state index contributed by atoms with van der Waals surface area (Å²) in [5.41, 5.74) is -1.59. The second kappa shape index (κ2) is 12.1. The van der Waals surface area contributed by atoms with Gasteiger partial charge < -0.3 is 20.4 Å². The lowest BCUT2D eigenvalue weighted by Crippen LogP contribution is -2.28. The van der Waals surface area contributed by atoms with E-state index in [9.17, 15) is 24.5 Å². The van der Waals surface area contributed by atoms with E-state index in [2.05, 4.69) is 6.58 Å². The van der Waals surface area contributed by atoms with Crippen LogP contribution in [0.2, 0.25) is 0 Å². The lowest BCUT2D eigenvalue weighted by Gasteiger charge is -2.25. The minimum absolute atomic E-state index is 0.0827. The van der Waals surface area contributed by atoms with Crippen LogP contribution < -0.4 is 0 Å². The highest BCUT2D eigenvalue weighted by molar-refractivity contribution is 5.66. The predicted molar refractivity (Wildman–Crippen MR) is 107 cm³/mol. The Labute approximate surface area is 167 Å². The molecule has 1 aliphatic carbocycles. The second-order valence-electron chi connectivity index (χ2n) is 7.78. The molecule has 0 aromatic heterocycles. The van der Waals surface area contributed by atoms with Gasteiger partial charge in [0.25, 0.3) is 0 Å². The zero-order valence-electron chi connectivity index (χ0n) is 16.8. The third-order valence-corrected chi connectivity index (χ3v) is 5.51. The van der Waals surface area contributed by atoms with Crippen LogP contribution in [0.15, 0.2) is 36.7 Å². The Morgan fingerprint density at radius 1 is 1.21 bits per heavy atom. The number of hydrogen-bond acceptors (Lipinski definition) is 4.